The number of fused-ring (bicyclic) bond motifs is 2. The topological polar surface area (TPSA) is 29.9 Å². The summed E-state index contributed by atoms with van der Waals surface area (Å²) in [5, 5.41) is 3.53. The number of aryl methyl sites for hydroxylation is 2. The molecule has 1 aromatic rings. The van der Waals surface area contributed by atoms with Crippen LogP contribution < -0.4 is 5.32 Å². The van der Waals surface area contributed by atoms with Crippen molar-refractivity contribution in [1.82, 2.24) is 14.9 Å². The van der Waals surface area contributed by atoms with E-state index in [2.05, 4.69) is 29.0 Å². The van der Waals surface area contributed by atoms with Crippen LogP contribution in [-0.2, 0) is 13.5 Å². The number of nitrogens with one attached hydrogen (secondary N) is 1. The molecule has 1 aromatic heterocycles. The maximum absolute atomic E-state index is 4.43. The molecule has 0 spiro atoms. The monoisotopic (exact) mass is 261 g/mol. The van der Waals surface area contributed by atoms with Crippen LogP contribution in [0.4, 0.5) is 0 Å². The third-order valence-corrected chi connectivity index (χ3v) is 5.52. The Morgan fingerprint density at radius 3 is 2.89 bits per heavy atom. The van der Waals surface area contributed by atoms with E-state index in [0.29, 0.717) is 6.04 Å². The molecular formula is C16H27N3. The summed E-state index contributed by atoms with van der Waals surface area (Å²) in [6.07, 6.45) is 13.7. The highest BCUT2D eigenvalue weighted by Crippen LogP contribution is 2.50. The van der Waals surface area contributed by atoms with Crippen molar-refractivity contribution in [2.24, 2.45) is 24.8 Å². The van der Waals surface area contributed by atoms with Crippen molar-refractivity contribution in [3.63, 3.8) is 0 Å². The molecule has 2 aliphatic carbocycles. The minimum Gasteiger partial charge on any atom is -0.338 e. The van der Waals surface area contributed by atoms with Crippen LogP contribution in [0.15, 0.2) is 12.4 Å². The van der Waals surface area contributed by atoms with Gasteiger partial charge in [-0.15, -0.1) is 0 Å². The third-order valence-electron chi connectivity index (χ3n) is 5.52. The van der Waals surface area contributed by atoms with E-state index in [9.17, 15) is 0 Å². The molecule has 4 atom stereocenters. The van der Waals surface area contributed by atoms with Gasteiger partial charge in [-0.2, -0.15) is 0 Å². The second kappa shape index (κ2) is 5.66. The number of hydrogen-bond donors (Lipinski definition) is 1. The first kappa shape index (κ1) is 13.2. The van der Waals surface area contributed by atoms with Gasteiger partial charge >= 0.3 is 0 Å². The van der Waals surface area contributed by atoms with E-state index in [-0.39, 0.29) is 0 Å². The van der Waals surface area contributed by atoms with E-state index in [1.54, 1.807) is 0 Å². The summed E-state index contributed by atoms with van der Waals surface area (Å²) in [6, 6.07) is 0.668. The Labute approximate surface area is 116 Å². The van der Waals surface area contributed by atoms with Crippen molar-refractivity contribution in [3.05, 3.63) is 18.2 Å². The highest BCUT2D eigenvalue weighted by molar-refractivity contribution is 4.94. The summed E-state index contributed by atoms with van der Waals surface area (Å²) in [7, 11) is 4.21. The molecule has 2 saturated carbocycles. The molecule has 0 aliphatic heterocycles. The molecule has 2 bridgehead atoms. The van der Waals surface area contributed by atoms with Crippen LogP contribution in [0.1, 0.15) is 44.3 Å². The van der Waals surface area contributed by atoms with Crippen LogP contribution in [0.3, 0.4) is 0 Å². The van der Waals surface area contributed by atoms with Crippen LogP contribution in [0.2, 0.25) is 0 Å². The van der Waals surface area contributed by atoms with Gasteiger partial charge in [0.2, 0.25) is 0 Å². The molecule has 106 valence electrons. The second-order valence-corrected chi connectivity index (χ2v) is 6.65. The van der Waals surface area contributed by atoms with Crippen molar-refractivity contribution < 1.29 is 0 Å². The van der Waals surface area contributed by atoms with Gasteiger partial charge in [0.1, 0.15) is 5.82 Å². The summed E-state index contributed by atoms with van der Waals surface area (Å²) in [5.74, 6) is 4.34. The second-order valence-electron chi connectivity index (χ2n) is 6.65. The Bertz CT molecular complexity index is 412. The van der Waals surface area contributed by atoms with E-state index in [1.165, 1.54) is 44.3 Å². The summed E-state index contributed by atoms with van der Waals surface area (Å²) in [5.41, 5.74) is 0. The van der Waals surface area contributed by atoms with Crippen molar-refractivity contribution in [2.45, 2.75) is 51.0 Å². The predicted molar refractivity (Wildman–Crippen MR) is 77.9 cm³/mol. The predicted octanol–water partition coefficient (Wildman–Crippen LogP) is 2.77. The smallest absolute Gasteiger partial charge is 0.108 e. The van der Waals surface area contributed by atoms with Crippen LogP contribution in [0.25, 0.3) is 0 Å². The standard InChI is InChI=1S/C16H27N3/c1-17-15(5-6-16-18-7-8-19(16)2)11-14-10-12-3-4-13(14)9-12/h7-8,12-15,17H,3-6,9-11H2,1-2H3. The van der Waals surface area contributed by atoms with E-state index in [0.717, 1.165) is 24.2 Å². The fraction of sp³-hybridized carbons (Fsp3) is 0.812. The molecule has 3 rings (SSSR count). The van der Waals surface area contributed by atoms with Gasteiger partial charge in [0.15, 0.2) is 0 Å². The van der Waals surface area contributed by atoms with Gasteiger partial charge in [-0.05, 0) is 56.9 Å². The minimum atomic E-state index is 0.668. The average molecular weight is 261 g/mol. The van der Waals surface area contributed by atoms with Gasteiger partial charge < -0.3 is 9.88 Å². The lowest BCUT2D eigenvalue weighted by molar-refractivity contribution is 0.276. The van der Waals surface area contributed by atoms with Gasteiger partial charge in [0, 0.05) is 31.9 Å². The van der Waals surface area contributed by atoms with Crippen LogP contribution in [0.5, 0.6) is 0 Å². The zero-order chi connectivity index (χ0) is 13.2. The fourth-order valence-electron chi connectivity index (χ4n) is 4.35. The highest BCUT2D eigenvalue weighted by Gasteiger charge is 2.39. The zero-order valence-corrected chi connectivity index (χ0v) is 12.3. The first-order chi connectivity index (χ1) is 9.26. The van der Waals surface area contributed by atoms with Gasteiger partial charge in [-0.3, -0.25) is 0 Å². The molecule has 2 fully saturated rings. The molecule has 0 radical (unpaired) electrons. The molecule has 4 unspecified atom stereocenters. The Morgan fingerprint density at radius 2 is 2.32 bits per heavy atom. The molecule has 1 heterocycles. The highest BCUT2D eigenvalue weighted by atomic mass is 15.0. The minimum absolute atomic E-state index is 0.668. The summed E-state index contributed by atoms with van der Waals surface area (Å²) >= 11 is 0. The molecule has 0 amide bonds. The van der Waals surface area contributed by atoms with Gasteiger partial charge in [-0.1, -0.05) is 6.42 Å². The molecule has 0 saturated heterocycles. The summed E-state index contributed by atoms with van der Waals surface area (Å²) in [6.45, 7) is 0. The Morgan fingerprint density at radius 1 is 1.42 bits per heavy atom. The lowest BCUT2D eigenvalue weighted by Crippen LogP contribution is -2.30. The molecule has 19 heavy (non-hydrogen) atoms. The molecule has 2 aliphatic rings. The Hall–Kier alpha value is -0.830. The molecule has 1 N–H and O–H groups in total. The van der Waals surface area contributed by atoms with Crippen LogP contribution >= 0.6 is 0 Å². The van der Waals surface area contributed by atoms with Crippen LogP contribution in [0, 0.1) is 17.8 Å². The van der Waals surface area contributed by atoms with Gasteiger partial charge in [0.05, 0.1) is 0 Å². The van der Waals surface area contributed by atoms with E-state index in [4.69, 9.17) is 0 Å². The zero-order valence-electron chi connectivity index (χ0n) is 12.3. The third kappa shape index (κ3) is 2.86. The number of imidazole rings is 1. The molecular weight excluding hydrogens is 234 g/mol. The summed E-state index contributed by atoms with van der Waals surface area (Å²) in [4.78, 5) is 4.43. The number of nitrogens with zero attached hydrogens (tertiary/aromatic N) is 2. The number of rotatable bonds is 6. The maximum Gasteiger partial charge on any atom is 0.108 e. The van der Waals surface area contributed by atoms with Crippen molar-refractivity contribution in [3.8, 4) is 0 Å². The van der Waals surface area contributed by atoms with Gasteiger partial charge in [-0.25, -0.2) is 4.98 Å². The lowest BCUT2D eigenvalue weighted by atomic mass is 9.83. The Kier molecular flexibility index (Phi) is 3.92. The summed E-state index contributed by atoms with van der Waals surface area (Å²) < 4.78 is 2.14. The Balaban J connectivity index is 1.49. The van der Waals surface area contributed by atoms with Crippen LogP contribution in [-0.4, -0.2) is 22.6 Å². The van der Waals surface area contributed by atoms with E-state index in [1.807, 2.05) is 12.4 Å². The maximum atomic E-state index is 4.43. The largest absolute Gasteiger partial charge is 0.338 e. The first-order valence-corrected chi connectivity index (χ1v) is 7.89. The van der Waals surface area contributed by atoms with E-state index < -0.39 is 0 Å². The van der Waals surface area contributed by atoms with Gasteiger partial charge in [0.25, 0.3) is 0 Å². The molecule has 3 nitrogen and oxygen atoms in total. The van der Waals surface area contributed by atoms with E-state index >= 15 is 0 Å². The van der Waals surface area contributed by atoms with Crippen molar-refractivity contribution in [2.75, 3.05) is 7.05 Å². The SMILES string of the molecule is CNC(CCc1nccn1C)CC1CC2CCC1C2. The number of aromatic nitrogens is 2. The quantitative estimate of drug-likeness (QED) is 0.853. The fourth-order valence-corrected chi connectivity index (χ4v) is 4.35. The average Bonchev–Trinajstić information content (AvgIpc) is 3.11. The lowest BCUT2D eigenvalue weighted by Gasteiger charge is -2.26. The van der Waals surface area contributed by atoms with Crippen molar-refractivity contribution >= 4 is 0 Å². The molecule has 3 heteroatoms. The first-order valence-electron chi connectivity index (χ1n) is 7.89. The normalized spacial score (nSPS) is 30.9. The van der Waals surface area contributed by atoms with Crippen molar-refractivity contribution in [1.29, 1.82) is 0 Å². The molecule has 0 aromatic carbocycles. The number of hydrogen-bond acceptors (Lipinski definition) is 2.